The van der Waals surface area contributed by atoms with Gasteiger partial charge in [-0.05, 0) is 24.8 Å². The first-order valence-electron chi connectivity index (χ1n) is 7.42. The molecule has 1 saturated heterocycles. The smallest absolute Gasteiger partial charge is 0.317 e. The van der Waals surface area contributed by atoms with Crippen LogP contribution in [0.4, 0.5) is 4.79 Å². The monoisotopic (exact) mass is 288 g/mol. The maximum atomic E-state index is 12.1. The Balaban J connectivity index is 1.52. The van der Waals surface area contributed by atoms with Gasteiger partial charge in [0.1, 0.15) is 0 Å². The molecule has 1 aromatic carbocycles. The molecule has 1 unspecified atom stereocenters. The zero-order valence-corrected chi connectivity index (χ0v) is 11.9. The number of carbonyl (C=O) groups excluding carboxylic acids is 1. The predicted octanol–water partition coefficient (Wildman–Crippen LogP) is 2.05. The number of hydrogen-bond acceptors (Lipinski definition) is 2. The number of hydrogen-bond donors (Lipinski definition) is 2. The van der Waals surface area contributed by atoms with Gasteiger partial charge in [-0.3, -0.25) is 4.79 Å². The Morgan fingerprint density at radius 3 is 2.62 bits per heavy atom. The van der Waals surface area contributed by atoms with Crippen LogP contribution in [0.15, 0.2) is 30.3 Å². The Morgan fingerprint density at radius 1 is 1.29 bits per heavy atom. The average Bonchev–Trinajstić information content (AvgIpc) is 3.14. The van der Waals surface area contributed by atoms with Gasteiger partial charge in [-0.25, -0.2) is 4.79 Å². The Kier molecular flexibility index (Phi) is 3.57. The fourth-order valence-corrected chi connectivity index (χ4v) is 2.92. The van der Waals surface area contributed by atoms with Gasteiger partial charge in [0.15, 0.2) is 0 Å². The third kappa shape index (κ3) is 2.86. The molecule has 5 nitrogen and oxygen atoms in total. The van der Waals surface area contributed by atoms with Crippen LogP contribution in [-0.2, 0) is 4.79 Å². The molecule has 1 heterocycles. The van der Waals surface area contributed by atoms with Crippen molar-refractivity contribution in [1.29, 1.82) is 0 Å². The molecule has 1 aromatic rings. The second kappa shape index (κ2) is 5.39. The number of benzene rings is 1. The van der Waals surface area contributed by atoms with Crippen molar-refractivity contribution in [3.63, 3.8) is 0 Å². The first kappa shape index (κ1) is 13.9. The molecule has 0 aromatic heterocycles. The Morgan fingerprint density at radius 2 is 2.00 bits per heavy atom. The first-order chi connectivity index (χ1) is 10.1. The normalized spacial score (nSPS) is 22.9. The first-order valence-corrected chi connectivity index (χ1v) is 7.42. The molecule has 5 heteroatoms. The van der Waals surface area contributed by atoms with Crippen LogP contribution >= 0.6 is 0 Å². The molecule has 112 valence electrons. The molecule has 0 bridgehead atoms. The molecular formula is C16H20N2O3. The predicted molar refractivity (Wildman–Crippen MR) is 78.1 cm³/mol. The third-order valence-electron chi connectivity index (χ3n) is 4.63. The molecule has 0 spiro atoms. The van der Waals surface area contributed by atoms with Gasteiger partial charge in [0, 0.05) is 25.6 Å². The van der Waals surface area contributed by atoms with E-state index in [1.807, 2.05) is 18.2 Å². The maximum absolute atomic E-state index is 12.1. The summed E-state index contributed by atoms with van der Waals surface area (Å²) in [4.78, 5) is 25.0. The summed E-state index contributed by atoms with van der Waals surface area (Å²) in [5.41, 5.74) is 0.561. The molecule has 1 atom stereocenters. The van der Waals surface area contributed by atoms with Crippen LogP contribution in [-0.4, -0.2) is 41.6 Å². The fraction of sp³-hybridized carbons (Fsp3) is 0.500. The topological polar surface area (TPSA) is 69.6 Å². The number of carbonyl (C=O) groups is 2. The van der Waals surface area contributed by atoms with Crippen molar-refractivity contribution in [2.45, 2.75) is 25.2 Å². The van der Waals surface area contributed by atoms with Crippen LogP contribution in [0.5, 0.6) is 0 Å². The number of carboxylic acids is 1. The lowest BCUT2D eigenvalue weighted by Gasteiger charge is -2.19. The van der Waals surface area contributed by atoms with E-state index in [0.29, 0.717) is 25.3 Å². The number of urea groups is 1. The highest BCUT2D eigenvalue weighted by Crippen LogP contribution is 2.45. The van der Waals surface area contributed by atoms with Gasteiger partial charge in [-0.2, -0.15) is 0 Å². The summed E-state index contributed by atoms with van der Waals surface area (Å²) in [6.45, 7) is 1.68. The lowest BCUT2D eigenvalue weighted by Crippen LogP contribution is -2.42. The third-order valence-corrected chi connectivity index (χ3v) is 4.63. The van der Waals surface area contributed by atoms with Crippen LogP contribution in [0.2, 0.25) is 0 Å². The minimum atomic E-state index is -0.800. The quantitative estimate of drug-likeness (QED) is 0.891. The van der Waals surface area contributed by atoms with E-state index >= 15 is 0 Å². The van der Waals surface area contributed by atoms with Gasteiger partial charge in [0.05, 0.1) is 5.41 Å². The van der Waals surface area contributed by atoms with Crippen molar-refractivity contribution in [3.8, 4) is 0 Å². The zero-order chi connectivity index (χ0) is 14.9. The zero-order valence-electron chi connectivity index (χ0n) is 11.9. The highest BCUT2D eigenvalue weighted by Gasteiger charge is 2.50. The van der Waals surface area contributed by atoms with Gasteiger partial charge in [0.2, 0.25) is 0 Å². The van der Waals surface area contributed by atoms with Crippen LogP contribution in [0.1, 0.15) is 30.7 Å². The van der Waals surface area contributed by atoms with Gasteiger partial charge >= 0.3 is 12.0 Å². The lowest BCUT2D eigenvalue weighted by atomic mass is 9.99. The molecule has 2 amide bonds. The van der Waals surface area contributed by atoms with E-state index in [1.165, 1.54) is 5.56 Å². The molecule has 2 N–H and O–H groups in total. The fourth-order valence-electron chi connectivity index (χ4n) is 2.92. The highest BCUT2D eigenvalue weighted by atomic mass is 16.4. The molecule has 2 aliphatic rings. The molecular weight excluding hydrogens is 268 g/mol. The molecule has 1 aliphatic carbocycles. The summed E-state index contributed by atoms with van der Waals surface area (Å²) < 4.78 is 0. The van der Waals surface area contributed by atoms with Gasteiger partial charge in [0.25, 0.3) is 0 Å². The number of carboxylic acid groups (broad SMARTS) is 1. The minimum Gasteiger partial charge on any atom is -0.481 e. The van der Waals surface area contributed by atoms with E-state index < -0.39 is 11.4 Å². The van der Waals surface area contributed by atoms with Gasteiger partial charge in [-0.1, -0.05) is 30.3 Å². The highest BCUT2D eigenvalue weighted by molar-refractivity contribution is 5.80. The second-order valence-electron chi connectivity index (χ2n) is 6.09. The average molecular weight is 288 g/mol. The van der Waals surface area contributed by atoms with E-state index in [4.69, 9.17) is 5.11 Å². The second-order valence-corrected chi connectivity index (χ2v) is 6.09. The molecule has 3 rings (SSSR count). The Hall–Kier alpha value is -2.04. The van der Waals surface area contributed by atoms with E-state index in [2.05, 4.69) is 17.4 Å². The summed E-state index contributed by atoms with van der Waals surface area (Å²) in [7, 11) is 0. The number of rotatable bonds is 4. The van der Waals surface area contributed by atoms with Crippen molar-refractivity contribution < 1.29 is 14.7 Å². The van der Waals surface area contributed by atoms with Crippen LogP contribution in [0, 0.1) is 5.41 Å². The van der Waals surface area contributed by atoms with Gasteiger partial charge in [-0.15, -0.1) is 0 Å². The van der Waals surface area contributed by atoms with Crippen molar-refractivity contribution >= 4 is 12.0 Å². The van der Waals surface area contributed by atoms with E-state index in [9.17, 15) is 9.59 Å². The van der Waals surface area contributed by atoms with E-state index in [0.717, 1.165) is 13.0 Å². The summed E-state index contributed by atoms with van der Waals surface area (Å²) in [6, 6.07) is 10.1. The lowest BCUT2D eigenvalue weighted by molar-refractivity contribution is -0.143. The number of nitrogens with zero attached hydrogens (tertiary/aromatic N) is 1. The largest absolute Gasteiger partial charge is 0.481 e. The Labute approximate surface area is 123 Å². The van der Waals surface area contributed by atoms with Crippen LogP contribution in [0.3, 0.4) is 0 Å². The van der Waals surface area contributed by atoms with Crippen molar-refractivity contribution in [3.05, 3.63) is 35.9 Å². The molecule has 1 aliphatic heterocycles. The summed E-state index contributed by atoms with van der Waals surface area (Å²) >= 11 is 0. The molecule has 2 fully saturated rings. The number of nitrogens with one attached hydrogen (secondary N) is 1. The standard InChI is InChI=1S/C16H20N2O3/c19-14(20)16(7-8-16)11-17-15(21)18-9-6-13(10-18)12-4-2-1-3-5-12/h1-5,13H,6-11H2,(H,17,21)(H,19,20). The number of likely N-dealkylation sites (tertiary alicyclic amines) is 1. The molecule has 1 saturated carbocycles. The minimum absolute atomic E-state index is 0.138. The number of amides is 2. The SMILES string of the molecule is O=C(NCC1(C(=O)O)CC1)N1CCC(c2ccccc2)C1. The van der Waals surface area contributed by atoms with Crippen molar-refractivity contribution in [2.75, 3.05) is 19.6 Å². The summed E-state index contributed by atoms with van der Waals surface area (Å²) in [5, 5.41) is 11.9. The molecule has 0 radical (unpaired) electrons. The van der Waals surface area contributed by atoms with Crippen molar-refractivity contribution in [2.24, 2.45) is 5.41 Å². The van der Waals surface area contributed by atoms with Gasteiger partial charge < -0.3 is 15.3 Å². The van der Waals surface area contributed by atoms with E-state index in [1.54, 1.807) is 4.90 Å². The van der Waals surface area contributed by atoms with E-state index in [-0.39, 0.29) is 12.6 Å². The number of aliphatic carboxylic acids is 1. The molecule has 21 heavy (non-hydrogen) atoms. The Bertz CT molecular complexity index is 540. The van der Waals surface area contributed by atoms with Crippen molar-refractivity contribution in [1.82, 2.24) is 10.2 Å². The van der Waals surface area contributed by atoms with Crippen LogP contribution in [0.25, 0.3) is 0 Å². The van der Waals surface area contributed by atoms with Crippen LogP contribution < -0.4 is 5.32 Å². The summed E-state index contributed by atoms with van der Waals surface area (Å²) in [6.07, 6.45) is 2.28. The summed E-state index contributed by atoms with van der Waals surface area (Å²) in [5.74, 6) is -0.419. The maximum Gasteiger partial charge on any atom is 0.317 e.